The standard InChI is InChI=1S/C19H24N4O3/c24-12-15-10-23(17(25)8-13-4-1-2-5-13)11-16(15)19-21-18(22-26-19)14-6-3-7-20-9-14/h3,6-7,9,13,15-16,24H,1-2,4-5,8,10-12H2/t15-,16+/m0/s1. The molecular weight excluding hydrogens is 332 g/mol. The Labute approximate surface area is 152 Å². The number of nitrogens with zero attached hydrogens (tertiary/aromatic N) is 4. The Hall–Kier alpha value is -2.28. The van der Waals surface area contributed by atoms with Crippen LogP contribution in [0, 0.1) is 11.8 Å². The van der Waals surface area contributed by atoms with Crippen LogP contribution in [-0.4, -0.2) is 50.7 Å². The Morgan fingerprint density at radius 1 is 1.31 bits per heavy atom. The summed E-state index contributed by atoms with van der Waals surface area (Å²) in [6, 6.07) is 3.69. The van der Waals surface area contributed by atoms with Gasteiger partial charge in [0, 0.05) is 50.0 Å². The number of aliphatic hydroxyl groups excluding tert-OH is 1. The Morgan fingerprint density at radius 3 is 2.88 bits per heavy atom. The summed E-state index contributed by atoms with van der Waals surface area (Å²) in [7, 11) is 0. The third kappa shape index (κ3) is 3.49. The summed E-state index contributed by atoms with van der Waals surface area (Å²) in [4.78, 5) is 23.1. The lowest BCUT2D eigenvalue weighted by Crippen LogP contribution is -2.30. The van der Waals surface area contributed by atoms with Crippen LogP contribution in [0.15, 0.2) is 29.0 Å². The zero-order valence-electron chi connectivity index (χ0n) is 14.8. The van der Waals surface area contributed by atoms with Crippen molar-refractivity contribution in [2.45, 2.75) is 38.0 Å². The highest BCUT2D eigenvalue weighted by Gasteiger charge is 2.39. The van der Waals surface area contributed by atoms with Gasteiger partial charge in [0.1, 0.15) is 0 Å². The van der Waals surface area contributed by atoms with Crippen LogP contribution >= 0.6 is 0 Å². The van der Waals surface area contributed by atoms with Gasteiger partial charge in [0.25, 0.3) is 0 Å². The number of aromatic nitrogens is 3. The van der Waals surface area contributed by atoms with Crippen molar-refractivity contribution in [2.75, 3.05) is 19.7 Å². The second-order valence-corrected chi connectivity index (χ2v) is 7.40. The van der Waals surface area contributed by atoms with Crippen LogP contribution in [0.3, 0.4) is 0 Å². The second-order valence-electron chi connectivity index (χ2n) is 7.40. The van der Waals surface area contributed by atoms with Crippen molar-refractivity contribution in [3.8, 4) is 11.4 Å². The van der Waals surface area contributed by atoms with Crippen molar-refractivity contribution in [1.29, 1.82) is 0 Å². The van der Waals surface area contributed by atoms with Gasteiger partial charge in [0.15, 0.2) is 0 Å². The van der Waals surface area contributed by atoms with E-state index in [1.54, 1.807) is 12.4 Å². The minimum absolute atomic E-state index is 0.00246. The maximum absolute atomic E-state index is 12.6. The van der Waals surface area contributed by atoms with Crippen LogP contribution in [0.2, 0.25) is 0 Å². The summed E-state index contributed by atoms with van der Waals surface area (Å²) < 4.78 is 5.46. The first-order valence-electron chi connectivity index (χ1n) is 9.37. The van der Waals surface area contributed by atoms with E-state index < -0.39 is 0 Å². The fourth-order valence-corrected chi connectivity index (χ4v) is 4.13. The summed E-state index contributed by atoms with van der Waals surface area (Å²) in [6.45, 7) is 1.09. The molecule has 7 heteroatoms. The summed E-state index contributed by atoms with van der Waals surface area (Å²) >= 11 is 0. The molecule has 1 amide bonds. The molecule has 3 heterocycles. The first-order valence-corrected chi connectivity index (χ1v) is 9.37. The lowest BCUT2D eigenvalue weighted by atomic mass is 9.97. The molecule has 1 saturated carbocycles. The molecule has 0 spiro atoms. The van der Waals surface area contributed by atoms with Gasteiger partial charge in [-0.15, -0.1) is 0 Å². The second kappa shape index (κ2) is 7.53. The molecule has 7 nitrogen and oxygen atoms in total. The summed E-state index contributed by atoms with van der Waals surface area (Å²) in [6.07, 6.45) is 8.78. The number of carbonyl (C=O) groups is 1. The topological polar surface area (TPSA) is 92.4 Å². The lowest BCUT2D eigenvalue weighted by Gasteiger charge is -2.18. The fourth-order valence-electron chi connectivity index (χ4n) is 4.13. The smallest absolute Gasteiger partial charge is 0.232 e. The minimum Gasteiger partial charge on any atom is -0.396 e. The monoisotopic (exact) mass is 356 g/mol. The number of rotatable bonds is 5. The number of hydrogen-bond donors (Lipinski definition) is 1. The van der Waals surface area contributed by atoms with Gasteiger partial charge in [-0.05, 0) is 30.9 Å². The zero-order valence-corrected chi connectivity index (χ0v) is 14.8. The van der Waals surface area contributed by atoms with Crippen LogP contribution in [0.5, 0.6) is 0 Å². The molecule has 1 aliphatic carbocycles. The Bertz CT molecular complexity index is 742. The molecule has 2 aliphatic rings. The Kier molecular flexibility index (Phi) is 4.97. The van der Waals surface area contributed by atoms with E-state index in [0.717, 1.165) is 18.4 Å². The van der Waals surface area contributed by atoms with E-state index in [2.05, 4.69) is 15.1 Å². The highest BCUT2D eigenvalue weighted by Crippen LogP contribution is 2.34. The average Bonchev–Trinajstić information content (AvgIpc) is 3.42. The highest BCUT2D eigenvalue weighted by molar-refractivity contribution is 5.77. The third-order valence-electron chi connectivity index (χ3n) is 5.64. The van der Waals surface area contributed by atoms with Crippen LogP contribution in [0.1, 0.15) is 43.9 Å². The van der Waals surface area contributed by atoms with Crippen LogP contribution in [0.25, 0.3) is 11.4 Å². The number of carbonyl (C=O) groups excluding carboxylic acids is 1. The molecule has 0 unspecified atom stereocenters. The van der Waals surface area contributed by atoms with Gasteiger partial charge in [-0.1, -0.05) is 18.0 Å². The third-order valence-corrected chi connectivity index (χ3v) is 5.64. The molecule has 0 bridgehead atoms. The first-order chi connectivity index (χ1) is 12.7. The molecule has 138 valence electrons. The molecule has 2 fully saturated rings. The molecule has 2 atom stereocenters. The zero-order chi connectivity index (χ0) is 17.9. The largest absolute Gasteiger partial charge is 0.396 e. The van der Waals surface area contributed by atoms with E-state index in [9.17, 15) is 9.90 Å². The Balaban J connectivity index is 1.46. The van der Waals surface area contributed by atoms with E-state index in [1.807, 2.05) is 17.0 Å². The quantitative estimate of drug-likeness (QED) is 0.883. The van der Waals surface area contributed by atoms with Crippen LogP contribution in [0.4, 0.5) is 0 Å². The van der Waals surface area contributed by atoms with Crippen molar-refractivity contribution in [3.63, 3.8) is 0 Å². The van der Waals surface area contributed by atoms with Crippen LogP contribution in [-0.2, 0) is 4.79 Å². The van der Waals surface area contributed by atoms with Crippen molar-refractivity contribution in [1.82, 2.24) is 20.0 Å². The van der Waals surface area contributed by atoms with Crippen molar-refractivity contribution in [2.24, 2.45) is 11.8 Å². The maximum atomic E-state index is 12.6. The lowest BCUT2D eigenvalue weighted by molar-refractivity contribution is -0.131. The minimum atomic E-state index is -0.120. The van der Waals surface area contributed by atoms with E-state index >= 15 is 0 Å². The number of pyridine rings is 1. The Morgan fingerprint density at radius 2 is 2.15 bits per heavy atom. The number of likely N-dealkylation sites (tertiary alicyclic amines) is 1. The molecular formula is C19H24N4O3. The number of hydrogen-bond acceptors (Lipinski definition) is 6. The predicted molar refractivity (Wildman–Crippen MR) is 94.0 cm³/mol. The molecule has 2 aromatic rings. The van der Waals surface area contributed by atoms with Crippen molar-refractivity contribution < 1.29 is 14.4 Å². The number of amides is 1. The normalized spacial score (nSPS) is 23.7. The van der Waals surface area contributed by atoms with Gasteiger partial charge in [-0.3, -0.25) is 9.78 Å². The first kappa shape index (κ1) is 17.1. The van der Waals surface area contributed by atoms with Gasteiger partial charge in [-0.2, -0.15) is 4.98 Å². The maximum Gasteiger partial charge on any atom is 0.232 e. The highest BCUT2D eigenvalue weighted by atomic mass is 16.5. The van der Waals surface area contributed by atoms with Gasteiger partial charge in [0.2, 0.25) is 17.6 Å². The molecule has 0 radical (unpaired) electrons. The molecule has 1 N–H and O–H groups in total. The van der Waals surface area contributed by atoms with Gasteiger partial charge >= 0.3 is 0 Å². The number of aliphatic hydroxyl groups is 1. The summed E-state index contributed by atoms with van der Waals surface area (Å²) in [5, 5.41) is 13.8. The molecule has 2 aromatic heterocycles. The van der Waals surface area contributed by atoms with E-state index in [-0.39, 0.29) is 24.3 Å². The average molecular weight is 356 g/mol. The molecule has 4 rings (SSSR count). The molecule has 1 aliphatic heterocycles. The van der Waals surface area contributed by atoms with Crippen molar-refractivity contribution in [3.05, 3.63) is 30.4 Å². The summed E-state index contributed by atoms with van der Waals surface area (Å²) in [5.74, 6) is 1.49. The van der Waals surface area contributed by atoms with Gasteiger partial charge in [-0.25, -0.2) is 0 Å². The van der Waals surface area contributed by atoms with Gasteiger partial charge < -0.3 is 14.5 Å². The van der Waals surface area contributed by atoms with E-state index in [4.69, 9.17) is 4.52 Å². The van der Waals surface area contributed by atoms with E-state index in [0.29, 0.717) is 37.1 Å². The predicted octanol–water partition coefficient (Wildman–Crippen LogP) is 2.25. The van der Waals surface area contributed by atoms with Crippen molar-refractivity contribution >= 4 is 5.91 Å². The molecule has 1 saturated heterocycles. The summed E-state index contributed by atoms with van der Waals surface area (Å²) in [5.41, 5.74) is 0.787. The van der Waals surface area contributed by atoms with Crippen LogP contribution < -0.4 is 0 Å². The fraction of sp³-hybridized carbons (Fsp3) is 0.579. The molecule has 0 aromatic carbocycles. The van der Waals surface area contributed by atoms with Gasteiger partial charge in [0.05, 0.1) is 5.92 Å². The van der Waals surface area contributed by atoms with E-state index in [1.165, 1.54) is 12.8 Å². The SMILES string of the molecule is O=C(CC1CCCC1)N1C[C@@H](CO)[C@H](c2nc(-c3cccnc3)no2)C1. The molecule has 26 heavy (non-hydrogen) atoms.